The molecule has 0 saturated heterocycles. The number of aromatic amines is 1. The summed E-state index contributed by atoms with van der Waals surface area (Å²) in [4.78, 5) is 44.7. The molecule has 2 atom stereocenters. The number of para-hydroxylation sites is 1. The smallest absolute Gasteiger partial charge is 0.465 e. The lowest BCUT2D eigenvalue weighted by atomic mass is 9.98. The molecule has 47 heavy (non-hydrogen) atoms. The second-order valence-corrected chi connectivity index (χ2v) is 10.2. The zero-order valence-electron chi connectivity index (χ0n) is 25.7. The van der Waals surface area contributed by atoms with Gasteiger partial charge in [-0.2, -0.15) is 10.2 Å². The highest BCUT2D eigenvalue weighted by Crippen LogP contribution is 2.31. The van der Waals surface area contributed by atoms with Crippen LogP contribution in [0.25, 0.3) is 33.5 Å². The Morgan fingerprint density at radius 1 is 1.00 bits per heavy atom. The predicted molar refractivity (Wildman–Crippen MR) is 165 cm³/mol. The van der Waals surface area contributed by atoms with Crippen LogP contribution in [0.1, 0.15) is 43.1 Å². The Labute approximate surface area is 267 Å². The van der Waals surface area contributed by atoms with E-state index in [1.54, 1.807) is 22.8 Å². The summed E-state index contributed by atoms with van der Waals surface area (Å²) < 4.78 is 22.9. The Morgan fingerprint density at radius 3 is 2.47 bits per heavy atom. The minimum atomic E-state index is -1.30. The summed E-state index contributed by atoms with van der Waals surface area (Å²) in [5, 5.41) is 23.8. The zero-order valence-corrected chi connectivity index (χ0v) is 25.7. The van der Waals surface area contributed by atoms with Crippen LogP contribution < -0.4 is 4.74 Å². The fourth-order valence-electron chi connectivity index (χ4n) is 4.81. The van der Waals surface area contributed by atoms with E-state index in [1.807, 2.05) is 55.5 Å². The lowest BCUT2D eigenvalue weighted by molar-refractivity contribution is -0.767. The van der Waals surface area contributed by atoms with Gasteiger partial charge in [-0.25, -0.2) is 9.59 Å². The Morgan fingerprint density at radius 2 is 1.77 bits per heavy atom. The highest BCUT2D eigenvalue weighted by atomic mass is 17.0. The van der Waals surface area contributed by atoms with E-state index in [0.29, 0.717) is 36.0 Å². The van der Waals surface area contributed by atoms with E-state index in [2.05, 4.69) is 30.4 Å². The van der Waals surface area contributed by atoms with Crippen LogP contribution in [0.5, 0.6) is 6.01 Å². The molecule has 5 aromatic rings. The van der Waals surface area contributed by atoms with Crippen molar-refractivity contribution in [2.24, 2.45) is 0 Å². The second-order valence-electron chi connectivity index (χ2n) is 10.2. The van der Waals surface area contributed by atoms with Gasteiger partial charge >= 0.3 is 12.1 Å². The highest BCUT2D eigenvalue weighted by molar-refractivity contribution is 6.02. The third-order valence-electron chi connectivity index (χ3n) is 6.89. The molecule has 0 radical (unpaired) electrons. The monoisotopic (exact) mass is 645 g/mol. The van der Waals surface area contributed by atoms with E-state index in [0.717, 1.165) is 22.3 Å². The number of benzene rings is 3. The average molecular weight is 646 g/mol. The van der Waals surface area contributed by atoms with Gasteiger partial charge in [0.25, 0.3) is 11.1 Å². The topological polar surface area (TPSA) is 196 Å². The SMILES string of the molecule is CCOc1nc2cccc(C(=O)OC(C)OC(=O)OCC[C@H](C)O[N+](=O)[O-])c2n1Cc1ccc(-c2ccccc2-c2nn[nH]n2)cc1. The number of imidazole rings is 1. The molecule has 0 aliphatic heterocycles. The first-order valence-corrected chi connectivity index (χ1v) is 14.6. The van der Waals surface area contributed by atoms with Gasteiger partial charge in [-0.3, -0.25) is 4.57 Å². The summed E-state index contributed by atoms with van der Waals surface area (Å²) in [5.74, 6) is -0.275. The van der Waals surface area contributed by atoms with Gasteiger partial charge in [0.1, 0.15) is 6.10 Å². The number of nitrogens with zero attached hydrogens (tertiary/aromatic N) is 6. The number of hydrogen-bond donors (Lipinski definition) is 1. The molecule has 0 fully saturated rings. The number of carbonyl (C=O) groups is 2. The summed E-state index contributed by atoms with van der Waals surface area (Å²) in [6, 6.07) is 21.0. The Hall–Kier alpha value is -6.06. The molecule has 244 valence electrons. The van der Waals surface area contributed by atoms with Gasteiger partial charge in [-0.05, 0) is 47.9 Å². The molecule has 0 spiro atoms. The van der Waals surface area contributed by atoms with Gasteiger partial charge in [0.2, 0.25) is 12.1 Å². The average Bonchev–Trinajstić information content (AvgIpc) is 3.70. The van der Waals surface area contributed by atoms with Gasteiger partial charge in [0, 0.05) is 18.9 Å². The summed E-state index contributed by atoms with van der Waals surface area (Å²) in [7, 11) is 0. The van der Waals surface area contributed by atoms with Gasteiger partial charge < -0.3 is 23.8 Å². The summed E-state index contributed by atoms with van der Waals surface area (Å²) in [6.45, 7) is 5.12. The number of ether oxygens (including phenoxy) is 4. The van der Waals surface area contributed by atoms with E-state index < -0.39 is 29.6 Å². The number of tetrazole rings is 1. The molecule has 5 rings (SSSR count). The first-order chi connectivity index (χ1) is 22.7. The Balaban J connectivity index is 1.32. The van der Waals surface area contributed by atoms with Gasteiger partial charge in [-0.1, -0.05) is 54.6 Å². The molecule has 0 saturated carbocycles. The van der Waals surface area contributed by atoms with Crippen molar-refractivity contribution in [3.63, 3.8) is 0 Å². The van der Waals surface area contributed by atoms with Crippen molar-refractivity contribution in [3.05, 3.63) is 88.0 Å². The van der Waals surface area contributed by atoms with E-state index in [9.17, 15) is 19.7 Å². The van der Waals surface area contributed by atoms with E-state index in [1.165, 1.54) is 13.8 Å². The number of hydrogen-bond acceptors (Lipinski definition) is 13. The van der Waals surface area contributed by atoms with Crippen molar-refractivity contribution in [1.82, 2.24) is 30.2 Å². The maximum Gasteiger partial charge on any atom is 0.511 e. The first kappa shape index (κ1) is 32.3. The predicted octanol–water partition coefficient (Wildman–Crippen LogP) is 4.97. The van der Waals surface area contributed by atoms with Crippen LogP contribution in [-0.4, -0.2) is 73.0 Å². The van der Waals surface area contributed by atoms with Crippen molar-refractivity contribution in [2.45, 2.75) is 46.1 Å². The minimum absolute atomic E-state index is 0.0642. The normalized spacial score (nSPS) is 12.2. The Kier molecular flexibility index (Phi) is 10.2. The molecule has 0 bridgehead atoms. The Bertz CT molecular complexity index is 1840. The van der Waals surface area contributed by atoms with Crippen molar-refractivity contribution in [3.8, 4) is 28.5 Å². The van der Waals surface area contributed by atoms with Gasteiger partial charge in [0.15, 0.2) is 0 Å². The lowest BCUT2D eigenvalue weighted by Crippen LogP contribution is -2.24. The van der Waals surface area contributed by atoms with Crippen LogP contribution in [0.4, 0.5) is 4.79 Å². The van der Waals surface area contributed by atoms with Gasteiger partial charge in [-0.15, -0.1) is 20.3 Å². The van der Waals surface area contributed by atoms with Crippen LogP contribution in [0, 0.1) is 10.1 Å². The fourth-order valence-corrected chi connectivity index (χ4v) is 4.81. The summed E-state index contributed by atoms with van der Waals surface area (Å²) in [6.07, 6.45) is -3.13. The lowest BCUT2D eigenvalue weighted by Gasteiger charge is -2.16. The number of carbonyl (C=O) groups excluding carboxylic acids is 2. The van der Waals surface area contributed by atoms with Crippen molar-refractivity contribution in [1.29, 1.82) is 0 Å². The molecule has 16 heteroatoms. The van der Waals surface area contributed by atoms with Crippen molar-refractivity contribution in [2.75, 3.05) is 13.2 Å². The number of aromatic nitrogens is 6. The first-order valence-electron chi connectivity index (χ1n) is 14.6. The quantitative estimate of drug-likeness (QED) is 0.0736. The molecule has 2 aromatic heterocycles. The number of H-pyrrole nitrogens is 1. The van der Waals surface area contributed by atoms with Crippen molar-refractivity contribution >= 4 is 23.2 Å². The van der Waals surface area contributed by atoms with E-state index >= 15 is 0 Å². The van der Waals surface area contributed by atoms with Gasteiger partial charge in [0.05, 0.1) is 36.4 Å². The molecule has 0 aliphatic rings. The molecule has 3 aromatic carbocycles. The molecular formula is C31H31N7O9. The van der Waals surface area contributed by atoms with Crippen LogP contribution in [0.3, 0.4) is 0 Å². The van der Waals surface area contributed by atoms with E-state index in [-0.39, 0.29) is 18.6 Å². The largest absolute Gasteiger partial charge is 0.511 e. The summed E-state index contributed by atoms with van der Waals surface area (Å²) in [5.41, 5.74) is 4.79. The molecule has 0 aliphatic carbocycles. The molecule has 1 unspecified atom stereocenters. The number of fused-ring (bicyclic) bond motifs is 1. The molecule has 0 amide bonds. The number of esters is 1. The molecular weight excluding hydrogens is 614 g/mol. The van der Waals surface area contributed by atoms with E-state index in [4.69, 9.17) is 18.9 Å². The maximum absolute atomic E-state index is 13.3. The second kappa shape index (κ2) is 14.8. The van der Waals surface area contributed by atoms with Crippen LogP contribution in [-0.2, 0) is 25.6 Å². The fraction of sp³-hybridized carbons (Fsp3) is 0.290. The van der Waals surface area contributed by atoms with Crippen LogP contribution in [0.15, 0.2) is 66.7 Å². The number of rotatable bonds is 14. The molecule has 1 N–H and O–H groups in total. The summed E-state index contributed by atoms with van der Waals surface area (Å²) >= 11 is 0. The number of nitrogens with one attached hydrogen (secondary N) is 1. The molecule has 16 nitrogen and oxygen atoms in total. The zero-order chi connectivity index (χ0) is 33.3. The maximum atomic E-state index is 13.3. The standard InChI is InChI=1S/C31H31N7O9/c1-4-43-30-32-26-11-7-10-25(29(39)45-20(3)46-31(40)44-17-16-19(2)47-38(41)42)27(26)37(30)18-21-12-14-22(15-13-21)23-8-5-6-9-24(23)28-33-35-36-34-28/h5-15,19-20H,4,16-18H2,1-3H3,(H,33,34,35,36)/t19-,20?/m0/s1. The minimum Gasteiger partial charge on any atom is -0.465 e. The third kappa shape index (κ3) is 7.97. The van der Waals surface area contributed by atoms with Crippen molar-refractivity contribution < 1.29 is 38.5 Å². The highest BCUT2D eigenvalue weighted by Gasteiger charge is 2.23. The van der Waals surface area contributed by atoms with Crippen LogP contribution >= 0.6 is 0 Å². The third-order valence-corrected chi connectivity index (χ3v) is 6.89. The molecule has 2 heterocycles. The van der Waals surface area contributed by atoms with Crippen LogP contribution in [0.2, 0.25) is 0 Å².